The lowest BCUT2D eigenvalue weighted by Gasteiger charge is -2.06. The molecule has 1 heterocycles. The third-order valence-corrected chi connectivity index (χ3v) is 4.93. The van der Waals surface area contributed by atoms with Crippen molar-refractivity contribution in [3.8, 4) is 0 Å². The Labute approximate surface area is 124 Å². The van der Waals surface area contributed by atoms with E-state index in [1.807, 2.05) is 0 Å². The fourth-order valence-electron chi connectivity index (χ4n) is 1.40. The van der Waals surface area contributed by atoms with Crippen LogP contribution in [0.3, 0.4) is 0 Å². The Balaban J connectivity index is 2.16. The summed E-state index contributed by atoms with van der Waals surface area (Å²) in [5.74, 6) is 0.628. The molecule has 0 bridgehead atoms. The van der Waals surface area contributed by atoms with Gasteiger partial charge in [0, 0.05) is 10.5 Å². The smallest absolute Gasteiger partial charge is 0.240 e. The lowest BCUT2D eigenvalue weighted by Crippen LogP contribution is -2.23. The summed E-state index contributed by atoms with van der Waals surface area (Å²) in [4.78, 5) is 0.129. The SMILES string of the molecule is Cc1cc(CNS(=O)(=O)c2ccc(Cl)c(Br)c2)no1. The van der Waals surface area contributed by atoms with Gasteiger partial charge < -0.3 is 4.52 Å². The van der Waals surface area contributed by atoms with E-state index in [4.69, 9.17) is 16.1 Å². The minimum absolute atomic E-state index is 0.0694. The summed E-state index contributed by atoms with van der Waals surface area (Å²) < 4.78 is 31.9. The molecular formula is C11H10BrClN2O3S. The van der Waals surface area contributed by atoms with Gasteiger partial charge in [-0.15, -0.1) is 0 Å². The van der Waals surface area contributed by atoms with Crippen LogP contribution in [0.25, 0.3) is 0 Å². The molecular weight excluding hydrogens is 356 g/mol. The van der Waals surface area contributed by atoms with Crippen molar-refractivity contribution < 1.29 is 12.9 Å². The van der Waals surface area contributed by atoms with E-state index in [0.717, 1.165) is 0 Å². The van der Waals surface area contributed by atoms with Gasteiger partial charge in [0.05, 0.1) is 22.2 Å². The van der Waals surface area contributed by atoms with Gasteiger partial charge in [0.1, 0.15) is 5.76 Å². The van der Waals surface area contributed by atoms with Crippen molar-refractivity contribution in [1.29, 1.82) is 0 Å². The van der Waals surface area contributed by atoms with Crippen molar-refractivity contribution in [2.45, 2.75) is 18.4 Å². The van der Waals surface area contributed by atoms with Crippen LogP contribution in [0.5, 0.6) is 0 Å². The Kier molecular flexibility index (Phi) is 4.29. The lowest BCUT2D eigenvalue weighted by atomic mass is 10.4. The van der Waals surface area contributed by atoms with Crippen molar-refractivity contribution in [2.75, 3.05) is 0 Å². The third-order valence-electron chi connectivity index (χ3n) is 2.32. The second-order valence-electron chi connectivity index (χ2n) is 3.83. The van der Waals surface area contributed by atoms with Crippen LogP contribution in [-0.2, 0) is 16.6 Å². The van der Waals surface area contributed by atoms with Crippen LogP contribution >= 0.6 is 27.5 Å². The van der Waals surface area contributed by atoms with Crippen molar-refractivity contribution in [1.82, 2.24) is 9.88 Å². The molecule has 0 fully saturated rings. The number of hydrogen-bond donors (Lipinski definition) is 1. The molecule has 102 valence electrons. The zero-order valence-corrected chi connectivity index (χ0v) is 13.0. The van der Waals surface area contributed by atoms with E-state index in [9.17, 15) is 8.42 Å². The zero-order valence-electron chi connectivity index (χ0n) is 9.85. The van der Waals surface area contributed by atoms with Gasteiger partial charge in [-0.25, -0.2) is 13.1 Å². The monoisotopic (exact) mass is 364 g/mol. The van der Waals surface area contributed by atoms with Crippen molar-refractivity contribution in [3.05, 3.63) is 45.2 Å². The lowest BCUT2D eigenvalue weighted by molar-refractivity contribution is 0.390. The maximum Gasteiger partial charge on any atom is 0.240 e. The van der Waals surface area contributed by atoms with Crippen LogP contribution in [0.15, 0.2) is 38.2 Å². The molecule has 0 amide bonds. The molecule has 5 nitrogen and oxygen atoms in total. The number of nitrogens with one attached hydrogen (secondary N) is 1. The largest absolute Gasteiger partial charge is 0.361 e. The second kappa shape index (κ2) is 5.62. The predicted molar refractivity (Wildman–Crippen MR) is 74.4 cm³/mol. The number of halogens is 2. The number of rotatable bonds is 4. The second-order valence-corrected chi connectivity index (χ2v) is 6.86. The van der Waals surface area contributed by atoms with Crippen molar-refractivity contribution >= 4 is 37.6 Å². The van der Waals surface area contributed by atoms with Crippen molar-refractivity contribution in [2.24, 2.45) is 0 Å². The fraction of sp³-hybridized carbons (Fsp3) is 0.182. The molecule has 0 aliphatic rings. The van der Waals surface area contributed by atoms with Crippen LogP contribution in [-0.4, -0.2) is 13.6 Å². The number of hydrogen-bond acceptors (Lipinski definition) is 4. The number of nitrogens with zero attached hydrogens (tertiary/aromatic N) is 1. The van der Waals surface area contributed by atoms with Gasteiger partial charge in [-0.3, -0.25) is 0 Å². The first-order valence-electron chi connectivity index (χ1n) is 5.25. The Hall–Kier alpha value is -0.890. The maximum absolute atomic E-state index is 12.0. The topological polar surface area (TPSA) is 72.2 Å². The summed E-state index contributed by atoms with van der Waals surface area (Å²) in [6.07, 6.45) is 0. The molecule has 19 heavy (non-hydrogen) atoms. The number of aromatic nitrogens is 1. The van der Waals surface area contributed by atoms with Gasteiger partial charge in [-0.05, 0) is 41.1 Å². The van der Waals surface area contributed by atoms with E-state index in [-0.39, 0.29) is 11.4 Å². The van der Waals surface area contributed by atoms with Gasteiger partial charge in [-0.1, -0.05) is 16.8 Å². The summed E-state index contributed by atoms with van der Waals surface area (Å²) in [7, 11) is -3.61. The average molecular weight is 366 g/mol. The first-order chi connectivity index (χ1) is 8.88. The molecule has 0 unspecified atom stereocenters. The molecule has 2 rings (SSSR count). The van der Waals surface area contributed by atoms with E-state index >= 15 is 0 Å². The Morgan fingerprint density at radius 3 is 2.74 bits per heavy atom. The first-order valence-corrected chi connectivity index (χ1v) is 7.91. The molecule has 0 saturated heterocycles. The Bertz CT molecular complexity index is 700. The summed E-state index contributed by atoms with van der Waals surface area (Å²) in [5, 5.41) is 4.16. The summed E-state index contributed by atoms with van der Waals surface area (Å²) in [5.41, 5.74) is 0.522. The standard InChI is InChI=1S/C11H10BrClN2O3S/c1-7-4-8(15-18-7)6-14-19(16,17)9-2-3-11(13)10(12)5-9/h2-5,14H,6H2,1H3. The van der Waals surface area contributed by atoms with Crippen molar-refractivity contribution in [3.63, 3.8) is 0 Å². The molecule has 0 radical (unpaired) electrons. The van der Waals surface area contributed by atoms with Crippen LogP contribution in [0.2, 0.25) is 5.02 Å². The van der Waals surface area contributed by atoms with Gasteiger partial charge in [0.2, 0.25) is 10.0 Å². The van der Waals surface area contributed by atoms with E-state index in [0.29, 0.717) is 20.9 Å². The van der Waals surface area contributed by atoms with Crippen LogP contribution in [0.4, 0.5) is 0 Å². The zero-order chi connectivity index (χ0) is 14.0. The minimum atomic E-state index is -3.61. The highest BCUT2D eigenvalue weighted by Gasteiger charge is 2.15. The number of benzene rings is 1. The summed E-state index contributed by atoms with van der Waals surface area (Å²) in [6, 6.07) is 6.06. The predicted octanol–water partition coefficient (Wildman–Crippen LogP) is 2.88. The molecule has 1 aromatic heterocycles. The molecule has 0 saturated carbocycles. The van der Waals surface area contributed by atoms with Gasteiger partial charge in [0.25, 0.3) is 0 Å². The van der Waals surface area contributed by atoms with Crippen LogP contribution < -0.4 is 4.72 Å². The third kappa shape index (κ3) is 3.56. The average Bonchev–Trinajstić information content (AvgIpc) is 2.76. The Morgan fingerprint density at radius 1 is 1.42 bits per heavy atom. The van der Waals surface area contributed by atoms with Gasteiger partial charge >= 0.3 is 0 Å². The first kappa shape index (κ1) is 14.5. The van der Waals surface area contributed by atoms with E-state index < -0.39 is 10.0 Å². The van der Waals surface area contributed by atoms with Crippen LogP contribution in [0, 0.1) is 6.92 Å². The van der Waals surface area contributed by atoms with Crippen LogP contribution in [0.1, 0.15) is 11.5 Å². The van der Waals surface area contributed by atoms with E-state index in [2.05, 4.69) is 25.8 Å². The highest BCUT2D eigenvalue weighted by molar-refractivity contribution is 9.10. The summed E-state index contributed by atoms with van der Waals surface area (Å²) >= 11 is 9.01. The molecule has 1 aromatic carbocycles. The number of sulfonamides is 1. The number of aryl methyl sites for hydroxylation is 1. The Morgan fingerprint density at radius 2 is 2.16 bits per heavy atom. The van der Waals surface area contributed by atoms with Gasteiger partial charge in [0.15, 0.2) is 0 Å². The van der Waals surface area contributed by atoms with E-state index in [1.165, 1.54) is 18.2 Å². The molecule has 0 spiro atoms. The minimum Gasteiger partial charge on any atom is -0.361 e. The fourth-order valence-corrected chi connectivity index (χ4v) is 3.07. The highest BCUT2D eigenvalue weighted by atomic mass is 79.9. The molecule has 2 aromatic rings. The maximum atomic E-state index is 12.0. The molecule has 1 N–H and O–H groups in total. The summed E-state index contributed by atoms with van der Waals surface area (Å²) in [6.45, 7) is 1.81. The normalized spacial score (nSPS) is 11.7. The molecule has 0 aliphatic heterocycles. The van der Waals surface area contributed by atoms with E-state index in [1.54, 1.807) is 13.0 Å². The molecule has 8 heteroatoms. The van der Waals surface area contributed by atoms with Gasteiger partial charge in [-0.2, -0.15) is 0 Å². The molecule has 0 atom stereocenters. The highest BCUT2D eigenvalue weighted by Crippen LogP contribution is 2.25. The quantitative estimate of drug-likeness (QED) is 0.904. The molecule has 0 aliphatic carbocycles.